The van der Waals surface area contributed by atoms with Crippen molar-refractivity contribution in [1.82, 2.24) is 15.1 Å². The molecule has 8 heteroatoms. The number of carbonyl (C=O) groups excluding carboxylic acids is 2. The van der Waals surface area contributed by atoms with E-state index in [0.717, 1.165) is 24.0 Å². The average Bonchev–Trinajstić information content (AvgIpc) is 3.34. The lowest BCUT2D eigenvalue weighted by Gasteiger charge is -2.36. The predicted molar refractivity (Wildman–Crippen MR) is 156 cm³/mol. The predicted octanol–water partition coefficient (Wildman–Crippen LogP) is 6.73. The van der Waals surface area contributed by atoms with Gasteiger partial charge >= 0.3 is 0 Å². The van der Waals surface area contributed by atoms with Crippen molar-refractivity contribution in [2.75, 3.05) is 26.2 Å². The molecular formula is C32H42ClF2N3O2. The van der Waals surface area contributed by atoms with E-state index in [1.807, 2.05) is 17.9 Å². The molecule has 0 spiro atoms. The molecule has 2 aliphatic rings. The molecular weight excluding hydrogens is 532 g/mol. The highest BCUT2D eigenvalue weighted by Gasteiger charge is 2.44. The lowest BCUT2D eigenvalue weighted by molar-refractivity contribution is -0.136. The third kappa shape index (κ3) is 6.52. The van der Waals surface area contributed by atoms with Gasteiger partial charge in [0.05, 0.1) is 12.0 Å². The molecule has 0 aromatic heterocycles. The number of benzene rings is 2. The van der Waals surface area contributed by atoms with Crippen LogP contribution in [0.3, 0.4) is 0 Å². The van der Waals surface area contributed by atoms with Gasteiger partial charge in [0.2, 0.25) is 11.8 Å². The third-order valence-electron chi connectivity index (χ3n) is 8.72. The van der Waals surface area contributed by atoms with Crippen LogP contribution < -0.4 is 5.32 Å². The number of likely N-dealkylation sites (tertiary alicyclic amines) is 2. The quantitative estimate of drug-likeness (QED) is 0.417. The fourth-order valence-electron chi connectivity index (χ4n) is 6.38. The van der Waals surface area contributed by atoms with Gasteiger partial charge in [0.25, 0.3) is 0 Å². The molecule has 2 amide bonds. The zero-order valence-electron chi connectivity index (χ0n) is 24.5. The SMILES string of the molecule is CCC(NC(C)=O)c1cc(F)c(C)cc1C1CCN(C(=O)C2CN(C(C)(C)C)CC2c2ccc(Cl)cc2F)CC1. The molecule has 2 aromatic carbocycles. The zero-order chi connectivity index (χ0) is 29.4. The third-order valence-corrected chi connectivity index (χ3v) is 8.95. The summed E-state index contributed by atoms with van der Waals surface area (Å²) < 4.78 is 29.7. The summed E-state index contributed by atoms with van der Waals surface area (Å²) in [5, 5.41) is 3.31. The molecule has 2 aromatic rings. The van der Waals surface area contributed by atoms with E-state index in [0.29, 0.717) is 48.7 Å². The summed E-state index contributed by atoms with van der Waals surface area (Å²) >= 11 is 6.03. The molecule has 0 bridgehead atoms. The maximum Gasteiger partial charge on any atom is 0.227 e. The van der Waals surface area contributed by atoms with Crippen molar-refractivity contribution in [2.24, 2.45) is 5.92 Å². The van der Waals surface area contributed by atoms with Crippen LogP contribution in [-0.4, -0.2) is 53.3 Å². The fraction of sp³-hybridized carbons (Fsp3) is 0.562. The van der Waals surface area contributed by atoms with Crippen LogP contribution in [0, 0.1) is 24.5 Å². The van der Waals surface area contributed by atoms with Gasteiger partial charge in [0.15, 0.2) is 0 Å². The van der Waals surface area contributed by atoms with Crippen molar-refractivity contribution in [3.8, 4) is 0 Å². The smallest absolute Gasteiger partial charge is 0.227 e. The van der Waals surface area contributed by atoms with Gasteiger partial charge in [-0.2, -0.15) is 0 Å². The Hall–Kier alpha value is -2.51. The minimum Gasteiger partial charge on any atom is -0.350 e. The Bertz CT molecular complexity index is 1250. The van der Waals surface area contributed by atoms with Gasteiger partial charge in [-0.05, 0) is 93.3 Å². The number of hydrogen-bond acceptors (Lipinski definition) is 3. The molecule has 0 saturated carbocycles. The average molecular weight is 574 g/mol. The second-order valence-electron chi connectivity index (χ2n) is 12.4. The molecule has 2 heterocycles. The maximum absolute atomic E-state index is 15.0. The van der Waals surface area contributed by atoms with Crippen molar-refractivity contribution < 1.29 is 18.4 Å². The van der Waals surface area contributed by atoms with E-state index in [2.05, 4.69) is 31.0 Å². The largest absolute Gasteiger partial charge is 0.350 e. The molecule has 2 fully saturated rings. The van der Waals surface area contributed by atoms with Crippen molar-refractivity contribution in [1.29, 1.82) is 0 Å². The van der Waals surface area contributed by atoms with Crippen molar-refractivity contribution >= 4 is 23.4 Å². The number of carbonyl (C=O) groups is 2. The van der Waals surface area contributed by atoms with Crippen molar-refractivity contribution in [2.45, 2.75) is 84.2 Å². The van der Waals surface area contributed by atoms with Gasteiger partial charge in [-0.15, -0.1) is 0 Å². The van der Waals surface area contributed by atoms with E-state index >= 15 is 4.39 Å². The highest BCUT2D eigenvalue weighted by molar-refractivity contribution is 6.30. The number of halogens is 3. The number of amides is 2. The van der Waals surface area contributed by atoms with Crippen LogP contribution in [0.15, 0.2) is 30.3 Å². The molecule has 2 aliphatic heterocycles. The monoisotopic (exact) mass is 573 g/mol. The lowest BCUT2D eigenvalue weighted by Crippen LogP contribution is -2.44. The minimum absolute atomic E-state index is 0.0599. The molecule has 3 unspecified atom stereocenters. The van der Waals surface area contributed by atoms with Crippen LogP contribution in [0.25, 0.3) is 0 Å². The Balaban J connectivity index is 1.55. The van der Waals surface area contributed by atoms with Gasteiger partial charge in [-0.1, -0.05) is 30.7 Å². The number of nitrogens with one attached hydrogen (secondary N) is 1. The van der Waals surface area contributed by atoms with E-state index < -0.39 is 0 Å². The molecule has 40 heavy (non-hydrogen) atoms. The summed E-state index contributed by atoms with van der Waals surface area (Å²) in [5.74, 6) is -1.18. The summed E-state index contributed by atoms with van der Waals surface area (Å²) in [6.07, 6.45) is 2.15. The Morgan fingerprint density at radius 2 is 1.73 bits per heavy atom. The molecule has 2 saturated heterocycles. The molecule has 4 rings (SSSR count). The maximum atomic E-state index is 15.0. The van der Waals surface area contributed by atoms with Crippen LogP contribution >= 0.6 is 11.6 Å². The van der Waals surface area contributed by atoms with E-state index in [1.165, 1.54) is 13.0 Å². The van der Waals surface area contributed by atoms with E-state index in [1.54, 1.807) is 25.1 Å². The first-order chi connectivity index (χ1) is 18.8. The molecule has 0 radical (unpaired) electrons. The second-order valence-corrected chi connectivity index (χ2v) is 12.9. The molecule has 0 aliphatic carbocycles. The van der Waals surface area contributed by atoms with Crippen LogP contribution in [0.1, 0.15) is 94.0 Å². The standard InChI is InChI=1S/C32H42ClF2N3O2/c1-7-30(36-20(3)39)25-16-28(34)19(2)14-24(25)21-10-12-37(13-11-21)31(40)27-18-38(32(4,5)6)17-26(27)23-9-8-22(33)15-29(23)35/h8-9,14-16,21,26-27,30H,7,10-13,17-18H2,1-6H3,(H,36,39). The van der Waals surface area contributed by atoms with E-state index in [9.17, 15) is 14.0 Å². The van der Waals surface area contributed by atoms with Gasteiger partial charge in [-0.25, -0.2) is 8.78 Å². The second kappa shape index (κ2) is 12.2. The first-order valence-corrected chi connectivity index (χ1v) is 14.7. The highest BCUT2D eigenvalue weighted by atomic mass is 35.5. The molecule has 5 nitrogen and oxygen atoms in total. The number of nitrogens with zero attached hydrogens (tertiary/aromatic N) is 2. The van der Waals surface area contributed by atoms with Crippen LogP contribution in [0.4, 0.5) is 8.78 Å². The van der Waals surface area contributed by atoms with Gasteiger partial charge in [0.1, 0.15) is 11.6 Å². The van der Waals surface area contributed by atoms with Gasteiger partial charge < -0.3 is 10.2 Å². The number of aryl methyl sites for hydroxylation is 1. The topological polar surface area (TPSA) is 52.7 Å². The number of hydrogen-bond donors (Lipinski definition) is 1. The van der Waals surface area contributed by atoms with Crippen LogP contribution in [0.2, 0.25) is 5.02 Å². The Morgan fingerprint density at radius 1 is 1.05 bits per heavy atom. The summed E-state index contributed by atoms with van der Waals surface area (Å²) in [5.41, 5.74) is 2.84. The Kier molecular flexibility index (Phi) is 9.25. The van der Waals surface area contributed by atoms with Crippen LogP contribution in [0.5, 0.6) is 0 Å². The minimum atomic E-state index is -0.367. The van der Waals surface area contributed by atoms with Gasteiger partial charge in [0, 0.05) is 49.6 Å². The first kappa shape index (κ1) is 30.4. The summed E-state index contributed by atoms with van der Waals surface area (Å²) in [6.45, 7) is 13.9. The zero-order valence-corrected chi connectivity index (χ0v) is 25.2. The van der Waals surface area contributed by atoms with Crippen molar-refractivity contribution in [3.63, 3.8) is 0 Å². The summed E-state index contributed by atoms with van der Waals surface area (Å²) in [7, 11) is 0. The number of rotatable bonds is 6. The number of piperidine rings is 1. The van der Waals surface area contributed by atoms with Gasteiger partial charge in [-0.3, -0.25) is 14.5 Å². The van der Waals surface area contributed by atoms with Crippen LogP contribution in [-0.2, 0) is 9.59 Å². The summed E-state index contributed by atoms with van der Waals surface area (Å²) in [6, 6.07) is 7.96. The molecule has 218 valence electrons. The first-order valence-electron chi connectivity index (χ1n) is 14.4. The Morgan fingerprint density at radius 3 is 2.30 bits per heavy atom. The molecule has 1 N–H and O–H groups in total. The summed E-state index contributed by atoms with van der Waals surface area (Å²) in [4.78, 5) is 30.0. The Labute approximate surface area is 242 Å². The molecule has 3 atom stereocenters. The van der Waals surface area contributed by atoms with E-state index in [4.69, 9.17) is 11.6 Å². The highest BCUT2D eigenvalue weighted by Crippen LogP contribution is 2.41. The normalized spacial score (nSPS) is 21.5. The van der Waals surface area contributed by atoms with E-state index in [-0.39, 0.29) is 52.8 Å². The van der Waals surface area contributed by atoms with Crippen molar-refractivity contribution in [3.05, 3.63) is 69.2 Å². The lowest BCUT2D eigenvalue weighted by atomic mass is 9.82. The fourth-order valence-corrected chi connectivity index (χ4v) is 6.54.